The Morgan fingerprint density at radius 2 is 1.90 bits per heavy atom. The van der Waals surface area contributed by atoms with E-state index in [2.05, 4.69) is 48.4 Å². The molecular weight excluding hydrogens is 527 g/mol. The van der Waals surface area contributed by atoms with E-state index >= 15 is 4.39 Å². The molecule has 6 aromatic heterocycles. The monoisotopic (exact) mass is 554 g/mol. The molecule has 0 radical (unpaired) electrons. The Hall–Kier alpha value is -4.22. The lowest BCUT2D eigenvalue weighted by atomic mass is 9.88. The van der Waals surface area contributed by atoms with Gasteiger partial charge in [0.2, 0.25) is 0 Å². The van der Waals surface area contributed by atoms with E-state index in [1.807, 2.05) is 12.1 Å². The highest BCUT2D eigenvalue weighted by molar-refractivity contribution is 7.15. The summed E-state index contributed by atoms with van der Waals surface area (Å²) in [4.78, 5) is 23.5. The number of aromatic amines is 2. The Balaban J connectivity index is 1.26. The van der Waals surface area contributed by atoms with Crippen LogP contribution in [-0.2, 0) is 0 Å². The molecule has 1 aliphatic carbocycles. The van der Waals surface area contributed by atoms with E-state index in [1.54, 1.807) is 42.2 Å². The number of H-pyrrole nitrogens is 2. The summed E-state index contributed by atoms with van der Waals surface area (Å²) in [5, 5.41) is 21.4. The number of halogens is 1. The largest absolute Gasteiger partial charge is 0.374 e. The summed E-state index contributed by atoms with van der Waals surface area (Å²) in [5.74, 6) is 0.102. The minimum absolute atomic E-state index is 0.144. The standard InChI is InChI=1S/C29H27FN8OS/c1-15-7-8-21(40-15)26-25-19(9-10-32-26)35-28(36-25)27-22-20(37-38-27)14-33-24(23(22)30)17-11-18(13-31-12-17)34-29(39)16-5-3-2-4-6-16/h7-14,16,29,34,39H,2-6H2,1H3,(H,35,36)(H,37,38). The third-order valence-electron chi connectivity index (χ3n) is 7.57. The number of imidazole rings is 1. The molecule has 40 heavy (non-hydrogen) atoms. The third-order valence-corrected chi connectivity index (χ3v) is 8.57. The molecule has 9 nitrogen and oxygen atoms in total. The fourth-order valence-corrected chi connectivity index (χ4v) is 6.39. The van der Waals surface area contributed by atoms with Gasteiger partial charge >= 0.3 is 0 Å². The van der Waals surface area contributed by atoms with Crippen molar-refractivity contribution in [3.05, 3.63) is 59.7 Å². The Morgan fingerprint density at radius 1 is 1.02 bits per heavy atom. The Bertz CT molecular complexity index is 1840. The second kappa shape index (κ2) is 10.1. The van der Waals surface area contributed by atoms with Gasteiger partial charge < -0.3 is 15.4 Å². The van der Waals surface area contributed by atoms with Gasteiger partial charge in [-0.15, -0.1) is 11.3 Å². The van der Waals surface area contributed by atoms with E-state index in [9.17, 15) is 5.11 Å². The van der Waals surface area contributed by atoms with Gasteiger partial charge in [-0.3, -0.25) is 20.1 Å². The van der Waals surface area contributed by atoms with E-state index in [-0.39, 0.29) is 17.0 Å². The molecule has 1 atom stereocenters. The number of hydrogen-bond donors (Lipinski definition) is 4. The van der Waals surface area contributed by atoms with E-state index in [0.29, 0.717) is 33.8 Å². The highest BCUT2D eigenvalue weighted by atomic mass is 32.1. The average Bonchev–Trinajstić information content (AvgIpc) is 3.72. The number of anilines is 1. The number of nitrogens with one attached hydrogen (secondary N) is 3. The number of aliphatic hydroxyl groups is 1. The van der Waals surface area contributed by atoms with Gasteiger partial charge in [-0.1, -0.05) is 19.3 Å². The summed E-state index contributed by atoms with van der Waals surface area (Å²) >= 11 is 1.65. The van der Waals surface area contributed by atoms with Crippen molar-refractivity contribution in [2.75, 3.05) is 5.32 Å². The van der Waals surface area contributed by atoms with Crippen LogP contribution in [0.15, 0.2) is 49.1 Å². The highest BCUT2D eigenvalue weighted by Crippen LogP contribution is 2.36. The van der Waals surface area contributed by atoms with Crippen molar-refractivity contribution in [2.24, 2.45) is 5.92 Å². The van der Waals surface area contributed by atoms with Crippen LogP contribution in [-0.4, -0.2) is 46.5 Å². The zero-order valence-electron chi connectivity index (χ0n) is 21.8. The Morgan fingerprint density at radius 3 is 2.73 bits per heavy atom. The number of aliphatic hydroxyl groups excluding tert-OH is 1. The van der Waals surface area contributed by atoms with Crippen molar-refractivity contribution in [3.8, 4) is 33.3 Å². The molecule has 0 saturated heterocycles. The van der Waals surface area contributed by atoms with Gasteiger partial charge in [0, 0.05) is 28.8 Å². The second-order valence-corrected chi connectivity index (χ2v) is 11.6. The fraction of sp³-hybridized carbons (Fsp3) is 0.276. The number of nitrogens with zero attached hydrogens (tertiary/aromatic N) is 5. The predicted molar refractivity (Wildman–Crippen MR) is 154 cm³/mol. The van der Waals surface area contributed by atoms with Gasteiger partial charge in [-0.05, 0) is 44.0 Å². The van der Waals surface area contributed by atoms with Gasteiger partial charge in [0.05, 0.1) is 39.4 Å². The van der Waals surface area contributed by atoms with Gasteiger partial charge in [-0.2, -0.15) is 5.10 Å². The minimum Gasteiger partial charge on any atom is -0.374 e. The molecule has 202 valence electrons. The van der Waals surface area contributed by atoms with Crippen molar-refractivity contribution in [1.82, 2.24) is 35.1 Å². The van der Waals surface area contributed by atoms with Crippen LogP contribution in [0.2, 0.25) is 0 Å². The molecule has 11 heteroatoms. The maximum absolute atomic E-state index is 16.1. The van der Waals surface area contributed by atoms with Crippen molar-refractivity contribution in [1.29, 1.82) is 0 Å². The SMILES string of the molecule is Cc1ccc(-c2nccc3[nH]c(-c4n[nH]c5cnc(-c6cncc(NC(O)C7CCCCC7)c6)c(F)c45)nc23)s1. The molecule has 6 aromatic rings. The number of fused-ring (bicyclic) bond motifs is 2. The second-order valence-electron chi connectivity index (χ2n) is 10.3. The molecule has 7 rings (SSSR count). The fourth-order valence-electron chi connectivity index (χ4n) is 5.52. The maximum atomic E-state index is 16.1. The van der Waals surface area contributed by atoms with Gasteiger partial charge in [0.1, 0.15) is 28.8 Å². The summed E-state index contributed by atoms with van der Waals surface area (Å²) in [5.41, 5.74) is 4.33. The zero-order chi connectivity index (χ0) is 27.2. The van der Waals surface area contributed by atoms with Crippen molar-refractivity contribution in [2.45, 2.75) is 45.3 Å². The summed E-state index contributed by atoms with van der Waals surface area (Å²) in [6.07, 6.45) is 11.3. The topological polar surface area (TPSA) is 128 Å². The lowest BCUT2D eigenvalue weighted by Crippen LogP contribution is -2.30. The van der Waals surface area contributed by atoms with Crippen LogP contribution in [0.3, 0.4) is 0 Å². The van der Waals surface area contributed by atoms with Gasteiger partial charge in [-0.25, -0.2) is 9.37 Å². The molecule has 0 aromatic carbocycles. The van der Waals surface area contributed by atoms with Gasteiger partial charge in [0.25, 0.3) is 0 Å². The normalized spacial score (nSPS) is 15.2. The first kappa shape index (κ1) is 24.8. The highest BCUT2D eigenvalue weighted by Gasteiger charge is 2.24. The summed E-state index contributed by atoms with van der Waals surface area (Å²) in [6.45, 7) is 2.05. The van der Waals surface area contributed by atoms with Crippen LogP contribution in [0.25, 0.3) is 55.3 Å². The molecule has 1 saturated carbocycles. The predicted octanol–water partition coefficient (Wildman–Crippen LogP) is 6.44. The molecule has 0 bridgehead atoms. The first-order valence-electron chi connectivity index (χ1n) is 13.4. The molecule has 6 heterocycles. The number of thiophene rings is 1. The average molecular weight is 555 g/mol. The maximum Gasteiger partial charge on any atom is 0.161 e. The van der Waals surface area contributed by atoms with E-state index < -0.39 is 12.0 Å². The first-order valence-corrected chi connectivity index (χ1v) is 14.2. The van der Waals surface area contributed by atoms with Crippen LogP contribution in [0, 0.1) is 18.7 Å². The number of aryl methyl sites for hydroxylation is 1. The minimum atomic E-state index is -0.677. The zero-order valence-corrected chi connectivity index (χ0v) is 22.6. The molecule has 0 amide bonds. The van der Waals surface area contributed by atoms with Crippen LogP contribution in [0.1, 0.15) is 37.0 Å². The summed E-state index contributed by atoms with van der Waals surface area (Å²) in [7, 11) is 0. The molecule has 0 aliphatic heterocycles. The lowest BCUT2D eigenvalue weighted by molar-refractivity contribution is 0.109. The van der Waals surface area contributed by atoms with E-state index in [0.717, 1.165) is 41.8 Å². The molecule has 1 unspecified atom stereocenters. The van der Waals surface area contributed by atoms with Crippen LogP contribution < -0.4 is 5.32 Å². The number of pyridine rings is 3. The van der Waals surface area contributed by atoms with E-state index in [1.165, 1.54) is 11.3 Å². The van der Waals surface area contributed by atoms with Crippen molar-refractivity contribution >= 4 is 39.0 Å². The van der Waals surface area contributed by atoms with Crippen LogP contribution in [0.5, 0.6) is 0 Å². The Labute approximate surface area is 233 Å². The van der Waals surface area contributed by atoms with Crippen LogP contribution in [0.4, 0.5) is 10.1 Å². The lowest BCUT2D eigenvalue weighted by Gasteiger charge is -2.27. The van der Waals surface area contributed by atoms with Crippen molar-refractivity contribution in [3.63, 3.8) is 0 Å². The van der Waals surface area contributed by atoms with Crippen molar-refractivity contribution < 1.29 is 9.50 Å². The molecule has 4 N–H and O–H groups in total. The molecule has 1 fully saturated rings. The summed E-state index contributed by atoms with van der Waals surface area (Å²) < 4.78 is 16.1. The quantitative estimate of drug-likeness (QED) is 0.174. The number of rotatable bonds is 6. The number of aromatic nitrogens is 7. The molecular formula is C29H27FN8OS. The molecule has 1 aliphatic rings. The van der Waals surface area contributed by atoms with E-state index in [4.69, 9.17) is 4.98 Å². The molecule has 0 spiro atoms. The number of hydrogen-bond acceptors (Lipinski definition) is 8. The first-order chi connectivity index (χ1) is 19.5. The van der Waals surface area contributed by atoms with Gasteiger partial charge in [0.15, 0.2) is 11.6 Å². The third kappa shape index (κ3) is 4.40. The Kier molecular flexibility index (Phi) is 6.24. The summed E-state index contributed by atoms with van der Waals surface area (Å²) in [6, 6.07) is 7.69. The smallest absolute Gasteiger partial charge is 0.161 e. The van der Waals surface area contributed by atoms with Crippen LogP contribution >= 0.6 is 11.3 Å².